The molecule has 0 radical (unpaired) electrons. The Bertz CT molecular complexity index is 1860. The lowest BCUT2D eigenvalue weighted by Crippen LogP contribution is -2.59. The van der Waals surface area contributed by atoms with Crippen LogP contribution in [0.2, 0.25) is 0 Å². The highest BCUT2D eigenvalue weighted by molar-refractivity contribution is 8.13. The molecular weight excluding hydrogens is 809 g/mol. The Balaban J connectivity index is 2.32. The number of nitrogens with zero attached hydrogens (tertiary/aromatic N) is 1. The van der Waals surface area contributed by atoms with Gasteiger partial charge in [0.2, 0.25) is 46.5 Å². The molecule has 13 N–H and O–H groups in total. The van der Waals surface area contributed by atoms with E-state index >= 15 is 0 Å². The predicted molar refractivity (Wildman–Crippen MR) is 230 cm³/mol. The quantitative estimate of drug-likeness (QED) is 0.0285. The molecule has 0 fully saturated rings. The number of thioether (sulfide) groups is 1. The number of carbonyl (C=O) groups excluding carboxylic acids is 8. The van der Waals surface area contributed by atoms with E-state index in [2.05, 4.69) is 36.9 Å². The smallest absolute Gasteiger partial charge is 0.243 e. The number of nitrogens with two attached hydrogens (primary N) is 3. The molecule has 6 atom stereocenters. The van der Waals surface area contributed by atoms with E-state index in [0.29, 0.717) is 10.5 Å². The first kappa shape index (κ1) is 51.0. The fraction of sp³-hybridized carbons (Fsp3) is 0.488. The van der Waals surface area contributed by atoms with Crippen molar-refractivity contribution in [2.75, 3.05) is 6.54 Å². The van der Waals surface area contributed by atoms with Crippen LogP contribution in [-0.2, 0) is 44.8 Å². The van der Waals surface area contributed by atoms with Crippen LogP contribution in [0.1, 0.15) is 72.8 Å². The summed E-state index contributed by atoms with van der Waals surface area (Å²) in [4.78, 5) is 110. The molecule has 61 heavy (non-hydrogen) atoms. The van der Waals surface area contributed by atoms with Crippen LogP contribution in [0.5, 0.6) is 5.75 Å². The van der Waals surface area contributed by atoms with Gasteiger partial charge in [-0.25, -0.2) is 0 Å². The fourth-order valence-corrected chi connectivity index (χ4v) is 6.83. The van der Waals surface area contributed by atoms with Gasteiger partial charge in [0.15, 0.2) is 5.96 Å². The first-order valence-corrected chi connectivity index (χ1v) is 20.7. The Hall–Kier alpha value is -6.18. The molecule has 0 unspecified atom stereocenters. The van der Waals surface area contributed by atoms with Gasteiger partial charge in [0, 0.05) is 24.8 Å². The second-order valence-corrected chi connectivity index (χ2v) is 16.3. The van der Waals surface area contributed by atoms with Gasteiger partial charge in [-0.05, 0) is 79.6 Å². The number of primary amides is 1. The lowest BCUT2D eigenvalue weighted by atomic mass is 10.0. The Morgan fingerprint density at radius 1 is 0.672 bits per heavy atom. The summed E-state index contributed by atoms with van der Waals surface area (Å²) in [6, 6.07) is 7.27. The SMILES string of the molecule is CC(=O)N[C@H](CC(C)C)C(=O)N[C@@H](Cc1ccc(O)cc1)C(=O)N[C@@H](CCCN=C(N)N)C(=O)N[C@@H](C)C(=O)N[C@@H](CC(N)=O)C(=O)N[C@H](C(=O)Sc1ccccc1)C(C)C. The molecule has 7 amide bonds. The highest BCUT2D eigenvalue weighted by Gasteiger charge is 2.33. The Labute approximate surface area is 359 Å². The second kappa shape index (κ2) is 25.4. The van der Waals surface area contributed by atoms with E-state index < -0.39 is 84.0 Å². The average molecular weight is 869 g/mol. The molecule has 0 aliphatic carbocycles. The molecule has 0 aliphatic rings. The van der Waals surface area contributed by atoms with Crippen molar-refractivity contribution in [2.24, 2.45) is 34.0 Å². The van der Waals surface area contributed by atoms with Crippen molar-refractivity contribution in [3.8, 4) is 5.75 Å². The van der Waals surface area contributed by atoms with E-state index in [-0.39, 0.29) is 60.9 Å². The van der Waals surface area contributed by atoms with Crippen molar-refractivity contribution in [2.45, 2.75) is 115 Å². The van der Waals surface area contributed by atoms with Crippen LogP contribution in [0.25, 0.3) is 0 Å². The predicted octanol–water partition coefficient (Wildman–Crippen LogP) is -0.167. The van der Waals surface area contributed by atoms with Crippen LogP contribution in [0.4, 0.5) is 0 Å². The fourth-order valence-electron chi connectivity index (χ4n) is 5.85. The number of amides is 7. The molecule has 0 saturated carbocycles. The largest absolute Gasteiger partial charge is 0.508 e. The lowest BCUT2D eigenvalue weighted by molar-refractivity contribution is -0.135. The van der Waals surface area contributed by atoms with Crippen molar-refractivity contribution in [1.29, 1.82) is 0 Å². The van der Waals surface area contributed by atoms with Gasteiger partial charge in [-0.1, -0.05) is 58.0 Å². The summed E-state index contributed by atoms with van der Waals surface area (Å²) in [5, 5.41) is 24.9. The van der Waals surface area contributed by atoms with Gasteiger partial charge in [-0.2, -0.15) is 0 Å². The Morgan fingerprint density at radius 3 is 1.79 bits per heavy atom. The van der Waals surface area contributed by atoms with Crippen LogP contribution >= 0.6 is 11.8 Å². The summed E-state index contributed by atoms with van der Waals surface area (Å²) in [7, 11) is 0. The zero-order valence-corrected chi connectivity index (χ0v) is 36.2. The van der Waals surface area contributed by atoms with Crippen LogP contribution < -0.4 is 49.1 Å². The molecule has 0 bridgehead atoms. The summed E-state index contributed by atoms with van der Waals surface area (Å²) in [5.41, 5.74) is 16.9. The molecule has 334 valence electrons. The molecule has 2 aromatic rings. The van der Waals surface area contributed by atoms with Gasteiger partial charge < -0.3 is 54.2 Å². The molecule has 2 aromatic carbocycles. The standard InChI is InChI=1S/C41H60N10O9S/c1-22(2)19-30(47-25(6)52)37(57)50-31(20-26-14-16-27(53)17-15-26)38(58)48-29(13-10-18-45-41(43)44)36(56)46-24(5)35(55)49-32(21-33(42)54)39(59)51-34(23(3)4)40(60)61-28-11-8-7-9-12-28/h7-9,11-12,14-17,22-24,29-32,34,53H,10,13,18-21H2,1-6H3,(H2,42,54)(H,46,56)(H,47,52)(H,48,58)(H,49,55)(H,50,57)(H,51,59)(H4,43,44,45)/t24-,29-,30+,31-,32-,34-/m0/s1. The maximum atomic E-state index is 14.0. The topological polar surface area (TPSA) is 319 Å². The number of nitrogens with one attached hydrogen (secondary N) is 6. The van der Waals surface area contributed by atoms with E-state index in [1.807, 2.05) is 13.8 Å². The highest BCUT2D eigenvalue weighted by atomic mass is 32.2. The summed E-state index contributed by atoms with van der Waals surface area (Å²) in [6.45, 7) is 9.82. The van der Waals surface area contributed by atoms with E-state index in [9.17, 15) is 43.5 Å². The Morgan fingerprint density at radius 2 is 1.23 bits per heavy atom. The zero-order chi connectivity index (χ0) is 45.8. The molecular formula is C41H60N10O9S. The zero-order valence-electron chi connectivity index (χ0n) is 35.4. The summed E-state index contributed by atoms with van der Waals surface area (Å²) in [6.07, 6.45) is -0.293. The first-order valence-electron chi connectivity index (χ1n) is 19.8. The van der Waals surface area contributed by atoms with Gasteiger partial charge >= 0.3 is 0 Å². The van der Waals surface area contributed by atoms with Crippen LogP contribution in [0, 0.1) is 11.8 Å². The van der Waals surface area contributed by atoms with Crippen molar-refractivity contribution >= 4 is 64.2 Å². The third kappa shape index (κ3) is 19.2. The number of hydrogen-bond acceptors (Lipinski definition) is 11. The summed E-state index contributed by atoms with van der Waals surface area (Å²) >= 11 is 0.924. The minimum Gasteiger partial charge on any atom is -0.508 e. The van der Waals surface area contributed by atoms with Gasteiger partial charge in [0.25, 0.3) is 0 Å². The molecule has 0 saturated heterocycles. The highest BCUT2D eigenvalue weighted by Crippen LogP contribution is 2.22. The maximum absolute atomic E-state index is 14.0. The van der Waals surface area contributed by atoms with Crippen LogP contribution in [0.3, 0.4) is 0 Å². The van der Waals surface area contributed by atoms with Crippen molar-refractivity contribution in [3.05, 3.63) is 60.2 Å². The number of guanidine groups is 1. The number of phenolic OH excluding ortho intramolecular Hbond substituents is 1. The van der Waals surface area contributed by atoms with Gasteiger partial charge in [0.1, 0.15) is 42.0 Å². The van der Waals surface area contributed by atoms with E-state index in [1.165, 1.54) is 26.0 Å². The van der Waals surface area contributed by atoms with Crippen molar-refractivity contribution in [1.82, 2.24) is 31.9 Å². The summed E-state index contributed by atoms with van der Waals surface area (Å²) in [5.74, 6) is -5.98. The second-order valence-electron chi connectivity index (χ2n) is 15.3. The van der Waals surface area contributed by atoms with E-state index in [1.54, 1.807) is 56.3 Å². The van der Waals surface area contributed by atoms with Crippen molar-refractivity contribution in [3.63, 3.8) is 0 Å². The van der Waals surface area contributed by atoms with Crippen LogP contribution in [0.15, 0.2) is 64.5 Å². The number of phenols is 1. The number of benzene rings is 2. The number of carbonyl (C=O) groups is 8. The van der Waals surface area contributed by atoms with Gasteiger partial charge in [-0.15, -0.1) is 0 Å². The molecule has 2 rings (SSSR count). The molecule has 20 heteroatoms. The number of aromatic hydroxyl groups is 1. The normalized spacial score (nSPS) is 13.9. The van der Waals surface area contributed by atoms with E-state index in [4.69, 9.17) is 17.2 Å². The molecule has 19 nitrogen and oxygen atoms in total. The maximum Gasteiger partial charge on any atom is 0.243 e. The molecule has 0 heterocycles. The third-order valence-corrected chi connectivity index (χ3v) is 9.92. The van der Waals surface area contributed by atoms with E-state index in [0.717, 1.165) is 11.8 Å². The monoisotopic (exact) mass is 868 g/mol. The number of rotatable bonds is 24. The molecule has 0 aliphatic heterocycles. The van der Waals surface area contributed by atoms with Crippen LogP contribution in [-0.4, -0.2) is 100 Å². The third-order valence-electron chi connectivity index (χ3n) is 8.96. The lowest BCUT2D eigenvalue weighted by Gasteiger charge is -2.27. The first-order chi connectivity index (χ1) is 28.7. The molecule has 0 spiro atoms. The van der Waals surface area contributed by atoms with Crippen molar-refractivity contribution < 1.29 is 43.5 Å². The number of hydrogen-bond donors (Lipinski definition) is 10. The number of aliphatic imine (C=N–C) groups is 1. The summed E-state index contributed by atoms with van der Waals surface area (Å²) < 4.78 is 0. The minimum absolute atomic E-state index is 0.00454. The van der Waals surface area contributed by atoms with Gasteiger partial charge in [0.05, 0.1) is 6.42 Å². The minimum atomic E-state index is -1.52. The van der Waals surface area contributed by atoms with Gasteiger partial charge in [-0.3, -0.25) is 43.3 Å². The Kier molecular flexibility index (Phi) is 21.3. The molecule has 0 aromatic heterocycles. The average Bonchev–Trinajstić information content (AvgIpc) is 3.17.